The number of carbonyl (C=O) groups is 1. The van der Waals surface area contributed by atoms with Crippen molar-refractivity contribution in [2.24, 2.45) is 5.73 Å². The molecule has 2 aromatic rings. The molecule has 0 saturated carbocycles. The van der Waals surface area contributed by atoms with Gasteiger partial charge in [-0.15, -0.1) is 11.3 Å². The van der Waals surface area contributed by atoms with E-state index in [1.807, 2.05) is 6.07 Å². The summed E-state index contributed by atoms with van der Waals surface area (Å²) in [6.45, 7) is 6.32. The third-order valence-corrected chi connectivity index (χ3v) is 4.14. The molecule has 1 heterocycles. The minimum atomic E-state index is -1.03. The molecule has 1 aromatic carbocycles. The van der Waals surface area contributed by atoms with Crippen molar-refractivity contribution >= 4 is 27.5 Å². The molecule has 1 unspecified atom stereocenters. The van der Waals surface area contributed by atoms with Gasteiger partial charge in [0.05, 0.1) is 15.2 Å². The van der Waals surface area contributed by atoms with Gasteiger partial charge in [-0.25, -0.2) is 4.98 Å². The zero-order chi connectivity index (χ0) is 13.5. The van der Waals surface area contributed by atoms with Crippen LogP contribution in [0.1, 0.15) is 37.4 Å². The predicted octanol–water partition coefficient (Wildman–Crippen LogP) is 2.68. The summed E-state index contributed by atoms with van der Waals surface area (Å²) < 4.78 is 1.06. The number of fused-ring (bicyclic) bond motifs is 1. The molecule has 0 fully saturated rings. The van der Waals surface area contributed by atoms with Crippen molar-refractivity contribution in [3.8, 4) is 0 Å². The number of carboxylic acids is 1. The van der Waals surface area contributed by atoms with E-state index in [-0.39, 0.29) is 5.41 Å². The first-order valence-electron chi connectivity index (χ1n) is 5.68. The van der Waals surface area contributed by atoms with Crippen LogP contribution in [-0.2, 0) is 10.2 Å². The molecule has 1 atom stereocenters. The van der Waals surface area contributed by atoms with Crippen LogP contribution in [0.25, 0.3) is 10.2 Å². The van der Waals surface area contributed by atoms with E-state index >= 15 is 0 Å². The van der Waals surface area contributed by atoms with Crippen molar-refractivity contribution in [1.82, 2.24) is 4.98 Å². The number of rotatable bonds is 2. The minimum absolute atomic E-state index is 0.00123. The van der Waals surface area contributed by atoms with Crippen LogP contribution in [0, 0.1) is 0 Å². The molecule has 96 valence electrons. The van der Waals surface area contributed by atoms with E-state index in [9.17, 15) is 4.79 Å². The van der Waals surface area contributed by atoms with E-state index in [0.717, 1.165) is 15.2 Å². The second-order valence-electron chi connectivity index (χ2n) is 5.31. The first-order chi connectivity index (χ1) is 8.29. The lowest BCUT2D eigenvalue weighted by molar-refractivity contribution is -0.138. The molecule has 5 heteroatoms. The summed E-state index contributed by atoms with van der Waals surface area (Å²) in [5.41, 5.74) is 7.00. The van der Waals surface area contributed by atoms with Gasteiger partial charge in [-0.1, -0.05) is 26.8 Å². The smallest absolute Gasteiger partial charge is 0.325 e. The summed E-state index contributed by atoms with van der Waals surface area (Å²) in [6.07, 6.45) is 0. The number of nitrogens with zero attached hydrogens (tertiary/aromatic N) is 1. The molecular weight excluding hydrogens is 248 g/mol. The topological polar surface area (TPSA) is 76.2 Å². The van der Waals surface area contributed by atoms with Crippen LogP contribution in [0.4, 0.5) is 0 Å². The van der Waals surface area contributed by atoms with E-state index in [1.54, 1.807) is 23.5 Å². The summed E-state index contributed by atoms with van der Waals surface area (Å²) in [5.74, 6) is -1.03. The van der Waals surface area contributed by atoms with Gasteiger partial charge in [0.2, 0.25) is 0 Å². The Morgan fingerprint density at radius 3 is 2.67 bits per heavy atom. The summed E-state index contributed by atoms with van der Waals surface area (Å²) in [5, 5.41) is 9.94. The van der Waals surface area contributed by atoms with Gasteiger partial charge in [-0.05, 0) is 17.7 Å². The molecule has 0 amide bonds. The average Bonchev–Trinajstić information content (AvgIpc) is 2.69. The Hall–Kier alpha value is -1.46. The van der Waals surface area contributed by atoms with Crippen LogP contribution < -0.4 is 5.73 Å². The molecular formula is C13H16N2O2S. The standard InChI is InChI=1S/C13H16N2O2S/c1-13(2,3)12-15-8-6-7(10(14)11(16)17)4-5-9(8)18-12/h4-6,10H,14H2,1-3H3,(H,16,17). The Morgan fingerprint density at radius 2 is 2.11 bits per heavy atom. The maximum Gasteiger partial charge on any atom is 0.325 e. The van der Waals surface area contributed by atoms with E-state index < -0.39 is 12.0 Å². The Morgan fingerprint density at radius 1 is 1.44 bits per heavy atom. The van der Waals surface area contributed by atoms with Crippen LogP contribution >= 0.6 is 11.3 Å². The fourth-order valence-electron chi connectivity index (χ4n) is 1.60. The molecule has 0 aliphatic carbocycles. The number of thiazole rings is 1. The molecule has 0 aliphatic heterocycles. The molecule has 0 aliphatic rings. The van der Waals surface area contributed by atoms with Gasteiger partial charge in [0.25, 0.3) is 0 Å². The third-order valence-electron chi connectivity index (χ3n) is 2.68. The van der Waals surface area contributed by atoms with Gasteiger partial charge < -0.3 is 10.8 Å². The van der Waals surface area contributed by atoms with Crippen LogP contribution in [-0.4, -0.2) is 16.1 Å². The first kappa shape index (κ1) is 13.0. The monoisotopic (exact) mass is 264 g/mol. The molecule has 0 bridgehead atoms. The second-order valence-corrected chi connectivity index (χ2v) is 6.34. The molecule has 4 nitrogen and oxygen atoms in total. The summed E-state index contributed by atoms with van der Waals surface area (Å²) in [6, 6.07) is 4.42. The van der Waals surface area contributed by atoms with Crippen LogP contribution in [0.2, 0.25) is 0 Å². The average molecular weight is 264 g/mol. The van der Waals surface area contributed by atoms with E-state index in [1.165, 1.54) is 0 Å². The van der Waals surface area contributed by atoms with Gasteiger partial charge in [0, 0.05) is 5.41 Å². The third kappa shape index (κ3) is 2.37. The lowest BCUT2D eigenvalue weighted by Crippen LogP contribution is -2.20. The first-order valence-corrected chi connectivity index (χ1v) is 6.50. The Bertz CT molecular complexity index is 599. The number of aromatic nitrogens is 1. The number of aliphatic carboxylic acids is 1. The van der Waals surface area contributed by atoms with E-state index in [0.29, 0.717) is 5.56 Å². The molecule has 0 radical (unpaired) electrons. The highest BCUT2D eigenvalue weighted by atomic mass is 32.1. The SMILES string of the molecule is CC(C)(C)c1nc2cc(C(N)C(=O)O)ccc2s1. The fourth-order valence-corrected chi connectivity index (χ4v) is 2.60. The van der Waals surface area contributed by atoms with Gasteiger partial charge >= 0.3 is 5.97 Å². The van der Waals surface area contributed by atoms with Gasteiger partial charge in [-0.3, -0.25) is 4.79 Å². The Kier molecular flexibility index (Phi) is 3.12. The normalized spacial score (nSPS) is 13.8. The van der Waals surface area contributed by atoms with Crippen molar-refractivity contribution in [2.75, 3.05) is 0 Å². The number of nitrogens with two attached hydrogens (primary N) is 1. The molecule has 2 rings (SSSR count). The zero-order valence-electron chi connectivity index (χ0n) is 10.6. The predicted molar refractivity (Wildman–Crippen MR) is 72.9 cm³/mol. The molecule has 0 spiro atoms. The van der Waals surface area contributed by atoms with Gasteiger partial charge in [0.15, 0.2) is 0 Å². The number of hydrogen-bond acceptors (Lipinski definition) is 4. The lowest BCUT2D eigenvalue weighted by atomic mass is 9.98. The summed E-state index contributed by atoms with van der Waals surface area (Å²) in [7, 11) is 0. The summed E-state index contributed by atoms with van der Waals surface area (Å²) in [4.78, 5) is 15.4. The Labute approximate surface area is 109 Å². The highest BCUT2D eigenvalue weighted by molar-refractivity contribution is 7.18. The maximum absolute atomic E-state index is 10.9. The highest BCUT2D eigenvalue weighted by Crippen LogP contribution is 2.32. The fraction of sp³-hybridized carbons (Fsp3) is 0.385. The zero-order valence-corrected chi connectivity index (χ0v) is 11.4. The molecule has 3 N–H and O–H groups in total. The number of carboxylic acid groups (broad SMARTS) is 1. The maximum atomic E-state index is 10.9. The second kappa shape index (κ2) is 4.33. The molecule has 18 heavy (non-hydrogen) atoms. The molecule has 0 saturated heterocycles. The number of benzene rings is 1. The van der Waals surface area contributed by atoms with Gasteiger partial charge in [-0.2, -0.15) is 0 Å². The van der Waals surface area contributed by atoms with Crippen molar-refractivity contribution < 1.29 is 9.90 Å². The van der Waals surface area contributed by atoms with Crippen LogP contribution in [0.15, 0.2) is 18.2 Å². The summed E-state index contributed by atoms with van der Waals surface area (Å²) >= 11 is 1.63. The van der Waals surface area contributed by atoms with Gasteiger partial charge in [0.1, 0.15) is 6.04 Å². The van der Waals surface area contributed by atoms with Crippen molar-refractivity contribution in [1.29, 1.82) is 0 Å². The molecule has 1 aromatic heterocycles. The Balaban J connectivity index is 2.49. The quantitative estimate of drug-likeness (QED) is 0.874. The van der Waals surface area contributed by atoms with E-state index in [2.05, 4.69) is 25.8 Å². The highest BCUT2D eigenvalue weighted by Gasteiger charge is 2.20. The van der Waals surface area contributed by atoms with Crippen molar-refractivity contribution in [3.63, 3.8) is 0 Å². The lowest BCUT2D eigenvalue weighted by Gasteiger charge is -2.13. The van der Waals surface area contributed by atoms with E-state index in [4.69, 9.17) is 10.8 Å². The van der Waals surface area contributed by atoms with Crippen LogP contribution in [0.5, 0.6) is 0 Å². The van der Waals surface area contributed by atoms with Crippen molar-refractivity contribution in [3.05, 3.63) is 28.8 Å². The number of hydrogen-bond donors (Lipinski definition) is 2. The largest absolute Gasteiger partial charge is 0.480 e. The minimum Gasteiger partial charge on any atom is -0.480 e. The van der Waals surface area contributed by atoms with Crippen molar-refractivity contribution in [2.45, 2.75) is 32.2 Å². The van der Waals surface area contributed by atoms with Crippen LogP contribution in [0.3, 0.4) is 0 Å².